The van der Waals surface area contributed by atoms with Gasteiger partial charge in [0.1, 0.15) is 0 Å². The molecule has 15 heavy (non-hydrogen) atoms. The minimum atomic E-state index is -0.300. The van der Waals surface area contributed by atoms with Crippen LogP contribution in [0.25, 0.3) is 0 Å². The number of benzene rings is 1. The molecule has 1 heterocycles. The first-order valence-corrected chi connectivity index (χ1v) is 4.85. The van der Waals surface area contributed by atoms with Gasteiger partial charge in [0.15, 0.2) is 0 Å². The zero-order valence-electron chi connectivity index (χ0n) is 9.07. The second kappa shape index (κ2) is 3.46. The number of rotatable bonds is 1. The highest BCUT2D eigenvalue weighted by molar-refractivity contribution is 5.93. The van der Waals surface area contributed by atoms with Crippen molar-refractivity contribution in [2.75, 3.05) is 24.4 Å². The molecule has 0 aromatic heterocycles. The van der Waals surface area contributed by atoms with Gasteiger partial charge in [0, 0.05) is 7.05 Å². The maximum atomic E-state index is 11.3. The molecule has 4 nitrogen and oxygen atoms in total. The number of ether oxygens (including phenoxy) is 1. The predicted octanol–water partition coefficient (Wildman–Crippen LogP) is 1.68. The molecule has 1 atom stereocenters. The Labute approximate surface area is 88.8 Å². The Morgan fingerprint density at radius 1 is 1.53 bits per heavy atom. The van der Waals surface area contributed by atoms with Crippen molar-refractivity contribution in [1.82, 2.24) is 0 Å². The summed E-state index contributed by atoms with van der Waals surface area (Å²) in [4.78, 5) is 13.4. The Hall–Kier alpha value is -1.71. The Morgan fingerprint density at radius 2 is 2.27 bits per heavy atom. The number of nitrogens with zero attached hydrogens (tertiary/aromatic N) is 1. The molecule has 0 saturated carbocycles. The third-order valence-electron chi connectivity index (χ3n) is 2.74. The summed E-state index contributed by atoms with van der Waals surface area (Å²) >= 11 is 0. The average molecular weight is 206 g/mol. The van der Waals surface area contributed by atoms with Crippen molar-refractivity contribution in [2.45, 2.75) is 13.1 Å². The van der Waals surface area contributed by atoms with E-state index in [4.69, 9.17) is 0 Å². The predicted molar refractivity (Wildman–Crippen MR) is 59.3 cm³/mol. The number of fused-ring (bicyclic) bond motifs is 1. The number of nitrogens with one attached hydrogen (secondary N) is 1. The number of carbonyl (C=O) groups is 1. The number of hydrogen-bond donors (Lipinski definition) is 1. The summed E-state index contributed by atoms with van der Waals surface area (Å²) in [5.41, 5.74) is 2.67. The first kappa shape index (κ1) is 9.83. The zero-order chi connectivity index (χ0) is 11.0. The first-order chi connectivity index (χ1) is 7.13. The van der Waals surface area contributed by atoms with E-state index in [0.717, 1.165) is 11.4 Å². The second-order valence-electron chi connectivity index (χ2n) is 3.65. The van der Waals surface area contributed by atoms with Gasteiger partial charge in [-0.2, -0.15) is 0 Å². The quantitative estimate of drug-likeness (QED) is 0.710. The largest absolute Gasteiger partial charge is 0.465 e. The van der Waals surface area contributed by atoms with Crippen LogP contribution in [0.3, 0.4) is 0 Å². The molecule has 2 rings (SSSR count). The van der Waals surface area contributed by atoms with E-state index in [0.29, 0.717) is 5.56 Å². The van der Waals surface area contributed by atoms with Gasteiger partial charge in [-0.15, -0.1) is 0 Å². The van der Waals surface area contributed by atoms with E-state index in [9.17, 15) is 4.79 Å². The van der Waals surface area contributed by atoms with E-state index in [1.54, 1.807) is 6.07 Å². The fourth-order valence-corrected chi connectivity index (χ4v) is 1.72. The monoisotopic (exact) mass is 206 g/mol. The van der Waals surface area contributed by atoms with Crippen LogP contribution in [0.5, 0.6) is 0 Å². The standard InChI is InChI=1S/C11H14N2O2/c1-7-12-9-5-4-8(11(14)15-3)6-10(9)13(7)2/h4-7,12H,1-3H3. The summed E-state index contributed by atoms with van der Waals surface area (Å²) < 4.78 is 4.68. The van der Waals surface area contributed by atoms with Crippen LogP contribution in [0, 0.1) is 0 Å². The van der Waals surface area contributed by atoms with E-state index >= 15 is 0 Å². The van der Waals surface area contributed by atoms with Gasteiger partial charge in [0.2, 0.25) is 0 Å². The van der Waals surface area contributed by atoms with Gasteiger partial charge in [-0.25, -0.2) is 4.79 Å². The lowest BCUT2D eigenvalue weighted by Crippen LogP contribution is -2.28. The Balaban J connectivity index is 2.39. The summed E-state index contributed by atoms with van der Waals surface area (Å²) in [6.07, 6.45) is 0.257. The van der Waals surface area contributed by atoms with Crippen LogP contribution >= 0.6 is 0 Å². The van der Waals surface area contributed by atoms with Crippen LogP contribution in [-0.4, -0.2) is 26.3 Å². The Morgan fingerprint density at radius 3 is 2.93 bits per heavy atom. The molecule has 1 aromatic rings. The fourth-order valence-electron chi connectivity index (χ4n) is 1.72. The van der Waals surface area contributed by atoms with Gasteiger partial charge < -0.3 is 15.0 Å². The third-order valence-corrected chi connectivity index (χ3v) is 2.74. The minimum Gasteiger partial charge on any atom is -0.465 e. The molecule has 1 aliphatic heterocycles. The normalized spacial score (nSPS) is 18.3. The fraction of sp³-hybridized carbons (Fsp3) is 0.364. The molecule has 1 aliphatic rings. The summed E-state index contributed by atoms with van der Waals surface area (Å²) in [5.74, 6) is -0.300. The summed E-state index contributed by atoms with van der Waals surface area (Å²) in [6, 6.07) is 5.52. The number of carbonyl (C=O) groups excluding carboxylic acids is 1. The average Bonchev–Trinajstić information content (AvgIpc) is 2.54. The summed E-state index contributed by atoms with van der Waals surface area (Å²) in [5, 5.41) is 3.31. The molecule has 0 spiro atoms. The van der Waals surface area contributed by atoms with Crippen LogP contribution in [0.4, 0.5) is 11.4 Å². The molecular weight excluding hydrogens is 192 g/mol. The van der Waals surface area contributed by atoms with Crippen molar-refractivity contribution in [3.63, 3.8) is 0 Å². The van der Waals surface area contributed by atoms with Gasteiger partial charge in [-0.1, -0.05) is 0 Å². The van der Waals surface area contributed by atoms with Gasteiger partial charge in [-0.3, -0.25) is 0 Å². The molecule has 0 saturated heterocycles. The lowest BCUT2D eigenvalue weighted by atomic mass is 10.2. The van der Waals surface area contributed by atoms with Crippen molar-refractivity contribution < 1.29 is 9.53 Å². The van der Waals surface area contributed by atoms with Crippen LogP contribution < -0.4 is 10.2 Å². The smallest absolute Gasteiger partial charge is 0.337 e. The molecule has 0 radical (unpaired) electrons. The lowest BCUT2D eigenvalue weighted by Gasteiger charge is -2.17. The van der Waals surface area contributed by atoms with Gasteiger partial charge in [0.05, 0.1) is 30.2 Å². The van der Waals surface area contributed by atoms with Crippen molar-refractivity contribution in [3.8, 4) is 0 Å². The first-order valence-electron chi connectivity index (χ1n) is 4.85. The molecule has 0 aliphatic carbocycles. The van der Waals surface area contributed by atoms with Crippen molar-refractivity contribution in [1.29, 1.82) is 0 Å². The molecule has 4 heteroatoms. The highest BCUT2D eigenvalue weighted by atomic mass is 16.5. The van der Waals surface area contributed by atoms with Gasteiger partial charge in [-0.05, 0) is 25.1 Å². The molecule has 1 unspecified atom stereocenters. The van der Waals surface area contributed by atoms with Crippen molar-refractivity contribution in [2.24, 2.45) is 0 Å². The highest BCUT2D eigenvalue weighted by Gasteiger charge is 2.22. The van der Waals surface area contributed by atoms with E-state index < -0.39 is 0 Å². The number of methoxy groups -OCH3 is 1. The lowest BCUT2D eigenvalue weighted by molar-refractivity contribution is 0.0601. The van der Waals surface area contributed by atoms with Gasteiger partial charge in [0.25, 0.3) is 0 Å². The molecule has 1 aromatic carbocycles. The van der Waals surface area contributed by atoms with Crippen LogP contribution in [0.15, 0.2) is 18.2 Å². The SMILES string of the molecule is COC(=O)c1ccc2c(c1)N(C)C(C)N2. The highest BCUT2D eigenvalue weighted by Crippen LogP contribution is 2.33. The molecule has 80 valence electrons. The summed E-state index contributed by atoms with van der Waals surface area (Å²) in [6.45, 7) is 2.07. The minimum absolute atomic E-state index is 0.257. The van der Waals surface area contributed by atoms with E-state index in [-0.39, 0.29) is 12.1 Å². The van der Waals surface area contributed by atoms with Gasteiger partial charge >= 0.3 is 5.97 Å². The Kier molecular flexibility index (Phi) is 2.26. The maximum absolute atomic E-state index is 11.3. The number of anilines is 2. The third kappa shape index (κ3) is 1.52. The molecule has 0 fully saturated rings. The number of hydrogen-bond acceptors (Lipinski definition) is 4. The molecule has 0 bridgehead atoms. The topological polar surface area (TPSA) is 41.6 Å². The maximum Gasteiger partial charge on any atom is 0.337 e. The molecule has 0 amide bonds. The van der Waals surface area contributed by atoms with E-state index in [1.807, 2.05) is 19.2 Å². The molecule has 1 N–H and O–H groups in total. The van der Waals surface area contributed by atoms with Crippen LogP contribution in [0.2, 0.25) is 0 Å². The summed E-state index contributed by atoms with van der Waals surface area (Å²) in [7, 11) is 3.38. The Bertz CT molecular complexity index is 404. The second-order valence-corrected chi connectivity index (χ2v) is 3.65. The number of esters is 1. The zero-order valence-corrected chi connectivity index (χ0v) is 9.07. The molecular formula is C11H14N2O2. The van der Waals surface area contributed by atoms with E-state index in [1.165, 1.54) is 7.11 Å². The van der Waals surface area contributed by atoms with Crippen molar-refractivity contribution >= 4 is 17.3 Å². The van der Waals surface area contributed by atoms with Crippen LogP contribution in [-0.2, 0) is 4.74 Å². The van der Waals surface area contributed by atoms with Crippen LogP contribution in [0.1, 0.15) is 17.3 Å². The van der Waals surface area contributed by atoms with Crippen molar-refractivity contribution in [3.05, 3.63) is 23.8 Å². The van der Waals surface area contributed by atoms with E-state index in [2.05, 4.69) is 21.9 Å².